The maximum Gasteiger partial charge on any atom is 0.0601 e. The van der Waals surface area contributed by atoms with Gasteiger partial charge in [-0.2, -0.15) is 0 Å². The first kappa shape index (κ1) is 23.7. The molecule has 0 saturated heterocycles. The van der Waals surface area contributed by atoms with Gasteiger partial charge in [-0.05, 0) is 120 Å². The van der Waals surface area contributed by atoms with E-state index < -0.39 is 0 Å². The largest absolute Gasteiger partial charge is 0.393 e. The summed E-state index contributed by atoms with van der Waals surface area (Å²) in [6.45, 7) is 20.1. The molecule has 0 spiro atoms. The molecule has 0 aliphatic heterocycles. The van der Waals surface area contributed by atoms with Crippen LogP contribution in [0, 0.1) is 56.2 Å². The molecule has 0 aromatic carbocycles. The molecule has 5 saturated carbocycles. The zero-order valence-electron chi connectivity index (χ0n) is 22.4. The third-order valence-corrected chi connectivity index (χ3v) is 14.0. The molecule has 0 aromatic rings. The van der Waals surface area contributed by atoms with E-state index >= 15 is 0 Å². The van der Waals surface area contributed by atoms with Crippen LogP contribution in [-0.4, -0.2) is 22.4 Å². The molecule has 2 heteroatoms. The van der Waals surface area contributed by atoms with Crippen LogP contribution >= 0.6 is 0 Å². The Balaban J connectivity index is 1.55. The molecule has 184 valence electrons. The van der Waals surface area contributed by atoms with Gasteiger partial charge >= 0.3 is 0 Å². The minimum absolute atomic E-state index is 0.0875. The molecule has 0 unspecified atom stereocenters. The standard InChI is InChI=1S/C30H52O2/c1-19-20(31)9-10-21-26(19,4)12-11-22-27(21,5)13-15-30(8)23-17-25(2,3)18-24(32)28(23,6)14-16-29(22,30)7/h19-24,31-32H,9-18H2,1-8H3/t19-,20-,21+,22-,23+,24+,26+,27-,28+,29+,30-/m0/s1. The van der Waals surface area contributed by atoms with E-state index in [2.05, 4.69) is 55.4 Å². The van der Waals surface area contributed by atoms with Gasteiger partial charge in [-0.25, -0.2) is 0 Å². The van der Waals surface area contributed by atoms with Gasteiger partial charge in [0.05, 0.1) is 12.2 Å². The van der Waals surface area contributed by atoms with Crippen molar-refractivity contribution < 1.29 is 10.2 Å². The molecular weight excluding hydrogens is 392 g/mol. The summed E-state index contributed by atoms with van der Waals surface area (Å²) in [6.07, 6.45) is 12.0. The Labute approximate surface area is 198 Å². The van der Waals surface area contributed by atoms with Gasteiger partial charge in [0, 0.05) is 0 Å². The third kappa shape index (κ3) is 2.72. The highest BCUT2D eigenvalue weighted by Crippen LogP contribution is 2.78. The molecule has 0 bridgehead atoms. The maximum atomic E-state index is 11.4. The Morgan fingerprint density at radius 3 is 1.81 bits per heavy atom. The molecule has 5 fully saturated rings. The lowest BCUT2D eigenvalue weighted by atomic mass is 9.30. The van der Waals surface area contributed by atoms with Gasteiger partial charge in [0.25, 0.3) is 0 Å². The Hall–Kier alpha value is -0.0800. The van der Waals surface area contributed by atoms with Crippen molar-refractivity contribution in [3.63, 3.8) is 0 Å². The Bertz CT molecular complexity index is 775. The minimum atomic E-state index is -0.152. The average molecular weight is 445 g/mol. The highest BCUT2D eigenvalue weighted by Gasteiger charge is 2.71. The van der Waals surface area contributed by atoms with Crippen molar-refractivity contribution in [2.45, 2.75) is 132 Å². The molecule has 32 heavy (non-hydrogen) atoms. The molecule has 2 N–H and O–H groups in total. The molecule has 5 rings (SSSR count). The summed E-state index contributed by atoms with van der Waals surface area (Å²) in [7, 11) is 0. The lowest BCUT2D eigenvalue weighted by Crippen LogP contribution is -2.69. The molecule has 0 amide bonds. The molecule has 5 aliphatic rings. The zero-order valence-corrected chi connectivity index (χ0v) is 22.4. The van der Waals surface area contributed by atoms with Crippen LogP contribution in [0.1, 0.15) is 120 Å². The van der Waals surface area contributed by atoms with Gasteiger partial charge in [0.15, 0.2) is 0 Å². The van der Waals surface area contributed by atoms with Crippen molar-refractivity contribution in [2.75, 3.05) is 0 Å². The third-order valence-electron chi connectivity index (χ3n) is 14.0. The SMILES string of the molecule is C[C@H]1[C@@H](O)CC[C@@H]2[C@]1(C)CC[C@H]1[C@@]2(C)CC[C@@]2(C)[C@@H]3CC(C)(C)C[C@@H](O)[C@]3(C)CC[C@]12C. The van der Waals surface area contributed by atoms with Crippen molar-refractivity contribution in [1.29, 1.82) is 0 Å². The highest BCUT2D eigenvalue weighted by atomic mass is 16.3. The van der Waals surface area contributed by atoms with Crippen LogP contribution in [0.5, 0.6) is 0 Å². The van der Waals surface area contributed by atoms with Gasteiger partial charge < -0.3 is 10.2 Å². The van der Waals surface area contributed by atoms with E-state index in [0.717, 1.165) is 24.7 Å². The summed E-state index contributed by atoms with van der Waals surface area (Å²) in [4.78, 5) is 0. The van der Waals surface area contributed by atoms with Crippen molar-refractivity contribution in [3.8, 4) is 0 Å². The average Bonchev–Trinajstić information content (AvgIpc) is 2.69. The van der Waals surface area contributed by atoms with Crippen LogP contribution in [0.3, 0.4) is 0 Å². The van der Waals surface area contributed by atoms with Crippen LogP contribution in [0.2, 0.25) is 0 Å². The van der Waals surface area contributed by atoms with E-state index in [1.807, 2.05) is 0 Å². The van der Waals surface area contributed by atoms with Gasteiger partial charge in [0.1, 0.15) is 0 Å². The van der Waals surface area contributed by atoms with Gasteiger partial charge in [-0.1, -0.05) is 55.4 Å². The smallest absolute Gasteiger partial charge is 0.0601 e. The second-order valence-corrected chi connectivity index (χ2v) is 15.6. The summed E-state index contributed by atoms with van der Waals surface area (Å²) in [5.41, 5.74) is 1.69. The van der Waals surface area contributed by atoms with E-state index in [4.69, 9.17) is 0 Å². The fourth-order valence-corrected chi connectivity index (χ4v) is 11.5. The molecular formula is C30H52O2. The fraction of sp³-hybridized carbons (Fsp3) is 1.00. The predicted molar refractivity (Wildman–Crippen MR) is 132 cm³/mol. The fourth-order valence-electron chi connectivity index (χ4n) is 11.5. The summed E-state index contributed by atoms with van der Waals surface area (Å²) >= 11 is 0. The number of rotatable bonds is 0. The quantitative estimate of drug-likeness (QED) is 0.414. The lowest BCUT2D eigenvalue weighted by molar-refractivity contribution is -0.275. The van der Waals surface area contributed by atoms with Gasteiger partial charge in [0.2, 0.25) is 0 Å². The van der Waals surface area contributed by atoms with E-state index in [0.29, 0.717) is 33.5 Å². The second kappa shape index (κ2) is 6.77. The molecule has 2 nitrogen and oxygen atoms in total. The summed E-state index contributed by atoms with van der Waals surface area (Å²) in [5, 5.41) is 22.1. The Kier molecular flexibility index (Phi) is 5.01. The molecule has 5 aliphatic carbocycles. The Morgan fingerprint density at radius 1 is 0.562 bits per heavy atom. The maximum absolute atomic E-state index is 11.4. The summed E-state index contributed by atoms with van der Waals surface area (Å²) < 4.78 is 0. The lowest BCUT2D eigenvalue weighted by Gasteiger charge is -2.75. The van der Waals surface area contributed by atoms with Crippen LogP contribution in [0.25, 0.3) is 0 Å². The topological polar surface area (TPSA) is 40.5 Å². The summed E-state index contributed by atoms with van der Waals surface area (Å²) in [5.74, 6) is 2.57. The number of hydrogen-bond acceptors (Lipinski definition) is 2. The normalized spacial score (nSPS) is 61.7. The van der Waals surface area contributed by atoms with Crippen molar-refractivity contribution in [2.24, 2.45) is 56.2 Å². The number of hydrogen-bond donors (Lipinski definition) is 2. The minimum Gasteiger partial charge on any atom is -0.393 e. The first-order valence-electron chi connectivity index (χ1n) is 14.0. The van der Waals surface area contributed by atoms with Crippen molar-refractivity contribution in [3.05, 3.63) is 0 Å². The number of fused-ring (bicyclic) bond motifs is 7. The Morgan fingerprint density at radius 2 is 1.16 bits per heavy atom. The predicted octanol–water partition coefficient (Wildman–Crippen LogP) is 7.22. The van der Waals surface area contributed by atoms with Gasteiger partial charge in [-0.3, -0.25) is 0 Å². The zero-order chi connectivity index (χ0) is 23.5. The van der Waals surface area contributed by atoms with Crippen molar-refractivity contribution >= 4 is 0 Å². The summed E-state index contributed by atoms with van der Waals surface area (Å²) in [6, 6.07) is 0. The molecule has 0 aromatic heterocycles. The molecule has 0 heterocycles. The van der Waals surface area contributed by atoms with Crippen LogP contribution < -0.4 is 0 Å². The first-order chi connectivity index (χ1) is 14.6. The molecule has 11 atom stereocenters. The van der Waals surface area contributed by atoms with E-state index in [-0.39, 0.29) is 23.0 Å². The van der Waals surface area contributed by atoms with E-state index in [1.54, 1.807) is 0 Å². The van der Waals surface area contributed by atoms with Crippen LogP contribution in [-0.2, 0) is 0 Å². The number of aliphatic hydroxyl groups excluding tert-OH is 2. The molecule has 0 radical (unpaired) electrons. The van der Waals surface area contributed by atoms with Crippen LogP contribution in [0.4, 0.5) is 0 Å². The van der Waals surface area contributed by atoms with Crippen molar-refractivity contribution in [1.82, 2.24) is 0 Å². The highest BCUT2D eigenvalue weighted by molar-refractivity contribution is 5.20. The number of aliphatic hydroxyl groups is 2. The van der Waals surface area contributed by atoms with Gasteiger partial charge in [-0.15, -0.1) is 0 Å². The van der Waals surface area contributed by atoms with E-state index in [1.165, 1.54) is 51.4 Å². The van der Waals surface area contributed by atoms with Crippen LogP contribution in [0.15, 0.2) is 0 Å². The monoisotopic (exact) mass is 444 g/mol. The first-order valence-corrected chi connectivity index (χ1v) is 14.0. The second-order valence-electron chi connectivity index (χ2n) is 15.6. The van der Waals surface area contributed by atoms with E-state index in [9.17, 15) is 10.2 Å².